The Morgan fingerprint density at radius 1 is 0.825 bits per heavy atom. The summed E-state index contributed by atoms with van der Waals surface area (Å²) < 4.78 is 22.5. The number of hydrogen-bond donors (Lipinski definition) is 3. The maximum atomic E-state index is 12.7. The molecule has 0 amide bonds. The van der Waals surface area contributed by atoms with E-state index in [1.165, 1.54) is 51.4 Å². The Morgan fingerprint density at radius 3 is 1.77 bits per heavy atom. The summed E-state index contributed by atoms with van der Waals surface area (Å²) in [5, 5.41) is 18.2. The second kappa shape index (κ2) is 24.4. The second-order valence-electron chi connectivity index (χ2n) is 11.6. The van der Waals surface area contributed by atoms with Crippen molar-refractivity contribution in [1.29, 1.82) is 0 Å². The first-order valence-corrected chi connectivity index (χ1v) is 16.7. The van der Waals surface area contributed by atoms with Crippen molar-refractivity contribution in [3.8, 4) is 23.7 Å². The summed E-state index contributed by atoms with van der Waals surface area (Å²) in [6, 6.07) is 0. The lowest BCUT2D eigenvalue weighted by molar-refractivity contribution is -0.872. The van der Waals surface area contributed by atoms with Gasteiger partial charge in [-0.15, -0.1) is 0 Å². The largest absolute Gasteiger partial charge is 0.473 e. The van der Waals surface area contributed by atoms with Crippen LogP contribution in [0.25, 0.3) is 0 Å². The summed E-state index contributed by atoms with van der Waals surface area (Å²) in [6.07, 6.45) is 16.0. The number of quaternary nitrogens is 1. The predicted octanol–water partition coefficient (Wildman–Crippen LogP) is 5.78. The first kappa shape index (κ1) is 38.8. The number of nitrogens with zero attached hydrogens (tertiary/aromatic N) is 1. The summed E-state index contributed by atoms with van der Waals surface area (Å²) in [7, 11) is 1.02. The number of rotatable bonds is 25. The van der Waals surface area contributed by atoms with Crippen LogP contribution >= 0.6 is 7.82 Å². The van der Waals surface area contributed by atoms with Crippen molar-refractivity contribution in [2.75, 3.05) is 40.9 Å². The fraction of sp³-hybridized carbons (Fsp3) is 0.839. The zero-order valence-electron chi connectivity index (χ0n) is 25.7. The molecule has 3 unspecified atom stereocenters. The van der Waals surface area contributed by atoms with Crippen molar-refractivity contribution in [3.05, 3.63) is 0 Å². The number of aliphatic hydroxyl groups excluding tert-OH is 2. The molecule has 0 aliphatic rings. The number of phosphoric ester groups is 1. The Hall–Kier alpha value is -1.22. The lowest BCUT2D eigenvalue weighted by Crippen LogP contribution is -2.45. The third-order valence-electron chi connectivity index (χ3n) is 6.34. The monoisotopic (exact) mass is 586 g/mol. The summed E-state index contributed by atoms with van der Waals surface area (Å²) in [5.41, 5.74) is 0. The minimum Gasteiger partial charge on any atom is -0.394 e. The number of unbranched alkanes of at least 4 members (excludes halogenated alkanes) is 14. The van der Waals surface area contributed by atoms with Crippen molar-refractivity contribution < 1.29 is 38.0 Å². The Balaban J connectivity index is 4.04. The van der Waals surface area contributed by atoms with Crippen LogP contribution in [-0.2, 0) is 18.4 Å². The molecule has 0 aliphatic carbocycles. The minimum absolute atomic E-state index is 0.208. The van der Waals surface area contributed by atoms with Crippen molar-refractivity contribution in [3.63, 3.8) is 0 Å². The SMILES string of the molecule is CCCCCCCCCCC#CC#CCCCCCCCCC(=O)C(C[N+](C)(C)C)OP(=O)(O)OCC(O)CO. The molecular formula is C31H57NO7P+. The summed E-state index contributed by atoms with van der Waals surface area (Å²) in [4.78, 5) is 22.7. The van der Waals surface area contributed by atoms with Crippen molar-refractivity contribution in [2.45, 2.75) is 128 Å². The maximum Gasteiger partial charge on any atom is 0.473 e. The molecule has 8 nitrogen and oxygen atoms in total. The number of carbonyl (C=O) groups excluding carboxylic acids is 1. The topological polar surface area (TPSA) is 113 Å². The number of ketones is 1. The van der Waals surface area contributed by atoms with Gasteiger partial charge in [-0.1, -0.05) is 89.4 Å². The van der Waals surface area contributed by atoms with E-state index in [1.807, 2.05) is 21.1 Å². The average Bonchev–Trinajstić information content (AvgIpc) is 2.89. The van der Waals surface area contributed by atoms with E-state index in [4.69, 9.17) is 14.2 Å². The van der Waals surface area contributed by atoms with E-state index in [2.05, 4.69) is 30.6 Å². The summed E-state index contributed by atoms with van der Waals surface area (Å²) >= 11 is 0. The van der Waals surface area contributed by atoms with Gasteiger partial charge in [0, 0.05) is 19.3 Å². The number of hydrogen-bond acceptors (Lipinski definition) is 6. The van der Waals surface area contributed by atoms with Gasteiger partial charge >= 0.3 is 7.82 Å². The first-order chi connectivity index (χ1) is 19.0. The van der Waals surface area contributed by atoms with Crippen molar-refractivity contribution in [1.82, 2.24) is 0 Å². The van der Waals surface area contributed by atoms with Crippen LogP contribution in [0.15, 0.2) is 0 Å². The molecule has 0 bridgehead atoms. The van der Waals surface area contributed by atoms with Crippen LogP contribution < -0.4 is 0 Å². The Labute approximate surface area is 244 Å². The highest BCUT2D eigenvalue weighted by Crippen LogP contribution is 2.45. The fourth-order valence-electron chi connectivity index (χ4n) is 4.06. The molecule has 0 heterocycles. The van der Waals surface area contributed by atoms with Crippen molar-refractivity contribution in [2.24, 2.45) is 0 Å². The van der Waals surface area contributed by atoms with Crippen LogP contribution in [0.2, 0.25) is 0 Å². The van der Waals surface area contributed by atoms with Crippen LogP contribution in [-0.4, -0.2) is 78.5 Å². The molecule has 0 aromatic carbocycles. The highest BCUT2D eigenvalue weighted by atomic mass is 31.2. The molecule has 0 aromatic rings. The van der Waals surface area contributed by atoms with Crippen LogP contribution in [0, 0.1) is 23.7 Å². The highest BCUT2D eigenvalue weighted by Gasteiger charge is 2.34. The van der Waals surface area contributed by atoms with E-state index in [0.717, 1.165) is 44.9 Å². The van der Waals surface area contributed by atoms with Gasteiger partial charge in [0.2, 0.25) is 0 Å². The van der Waals surface area contributed by atoms with E-state index < -0.39 is 33.2 Å². The molecule has 0 saturated carbocycles. The molecule has 0 rings (SSSR count). The molecule has 40 heavy (non-hydrogen) atoms. The minimum atomic E-state index is -4.56. The molecule has 232 valence electrons. The van der Waals surface area contributed by atoms with Gasteiger partial charge in [-0.05, 0) is 31.1 Å². The lowest BCUT2D eigenvalue weighted by Gasteiger charge is -2.29. The van der Waals surface area contributed by atoms with Gasteiger partial charge in [0.15, 0.2) is 11.9 Å². The van der Waals surface area contributed by atoms with E-state index >= 15 is 0 Å². The molecule has 0 aliphatic heterocycles. The van der Waals surface area contributed by atoms with Gasteiger partial charge in [0.25, 0.3) is 0 Å². The summed E-state index contributed by atoms with van der Waals surface area (Å²) in [5.74, 6) is 12.0. The first-order valence-electron chi connectivity index (χ1n) is 15.2. The molecule has 0 saturated heterocycles. The predicted molar refractivity (Wildman–Crippen MR) is 161 cm³/mol. The van der Waals surface area contributed by atoms with Crippen LogP contribution in [0.5, 0.6) is 0 Å². The van der Waals surface area contributed by atoms with Crippen LogP contribution in [0.4, 0.5) is 0 Å². The molecule has 0 spiro atoms. The average molecular weight is 587 g/mol. The molecule has 3 N–H and O–H groups in total. The molecular weight excluding hydrogens is 529 g/mol. The van der Waals surface area contributed by atoms with Crippen molar-refractivity contribution >= 4 is 13.6 Å². The highest BCUT2D eigenvalue weighted by molar-refractivity contribution is 7.47. The van der Waals surface area contributed by atoms with Gasteiger partial charge in [-0.3, -0.25) is 13.8 Å². The van der Waals surface area contributed by atoms with Gasteiger partial charge in [0.1, 0.15) is 12.6 Å². The fourth-order valence-corrected chi connectivity index (χ4v) is 4.98. The zero-order chi connectivity index (χ0) is 30.1. The Kier molecular flexibility index (Phi) is 23.6. The Bertz CT molecular complexity index is 820. The Morgan fingerprint density at radius 2 is 1.30 bits per heavy atom. The lowest BCUT2D eigenvalue weighted by atomic mass is 10.0. The number of phosphoric acid groups is 1. The van der Waals surface area contributed by atoms with Crippen LogP contribution in [0.3, 0.4) is 0 Å². The molecule has 0 fully saturated rings. The molecule has 0 radical (unpaired) electrons. The van der Waals surface area contributed by atoms with E-state index in [9.17, 15) is 19.4 Å². The summed E-state index contributed by atoms with van der Waals surface area (Å²) in [6.45, 7) is 1.29. The zero-order valence-corrected chi connectivity index (χ0v) is 26.6. The van der Waals surface area contributed by atoms with Gasteiger partial charge in [-0.25, -0.2) is 4.57 Å². The van der Waals surface area contributed by atoms with Gasteiger partial charge in [0.05, 0.1) is 34.4 Å². The molecule has 9 heteroatoms. The van der Waals surface area contributed by atoms with Crippen LogP contribution in [0.1, 0.15) is 116 Å². The number of carbonyl (C=O) groups is 1. The number of aliphatic hydroxyl groups is 2. The third kappa shape index (κ3) is 25.7. The van der Waals surface area contributed by atoms with E-state index in [0.29, 0.717) is 10.9 Å². The third-order valence-corrected chi connectivity index (χ3v) is 7.34. The van der Waals surface area contributed by atoms with Gasteiger partial charge < -0.3 is 19.6 Å². The van der Waals surface area contributed by atoms with Gasteiger partial charge in [-0.2, -0.15) is 0 Å². The second-order valence-corrected chi connectivity index (χ2v) is 13.0. The molecule has 0 aromatic heterocycles. The maximum absolute atomic E-state index is 12.7. The standard InChI is InChI=1S/C31H56NO7P/c1-5-6-7-8-9-10-11-12-13-14-15-16-17-18-19-20-21-22-23-24-25-30(35)31(26-32(2,3)4)39-40(36,37)38-28-29(34)27-33/h29,31,33-34H,5-13,18-28H2,1-4H3/p+1. The quantitative estimate of drug-likeness (QED) is 0.0538. The van der Waals surface area contributed by atoms with E-state index in [-0.39, 0.29) is 18.7 Å². The number of Topliss-reactive ketones (excluding diaryl/α,β-unsaturated/α-hetero) is 1. The normalized spacial score (nSPS) is 14.4. The number of likely N-dealkylation sites (N-methyl/N-ethyl adjacent to an activating group) is 1. The van der Waals surface area contributed by atoms with E-state index in [1.54, 1.807) is 0 Å². The molecule has 3 atom stereocenters. The smallest absolute Gasteiger partial charge is 0.394 e.